The fourth-order valence-electron chi connectivity index (χ4n) is 1.30. The molecule has 2 heteroatoms. The number of esters is 1. The van der Waals surface area contributed by atoms with E-state index in [1.54, 1.807) is 0 Å². The van der Waals surface area contributed by atoms with Crippen molar-refractivity contribution in [1.82, 2.24) is 0 Å². The van der Waals surface area contributed by atoms with E-state index in [2.05, 4.69) is 0 Å². The lowest BCUT2D eigenvalue weighted by atomic mass is 10.0. The second-order valence-electron chi connectivity index (χ2n) is 3.01. The van der Waals surface area contributed by atoms with Crippen molar-refractivity contribution in [2.24, 2.45) is 0 Å². The standard InChI is InChI=1S/C11H14O2/c1-4-9-6-5-8(2)7-10(9)11(12)13-3/h5-7H,4H2,1-3H3. The second-order valence-corrected chi connectivity index (χ2v) is 3.01. The molecule has 1 aromatic rings. The van der Waals surface area contributed by atoms with E-state index in [-0.39, 0.29) is 5.97 Å². The summed E-state index contributed by atoms with van der Waals surface area (Å²) in [6.07, 6.45) is 0.852. The first-order chi connectivity index (χ1) is 6.19. The van der Waals surface area contributed by atoms with Gasteiger partial charge >= 0.3 is 5.97 Å². The van der Waals surface area contributed by atoms with Gasteiger partial charge in [-0.25, -0.2) is 4.79 Å². The molecule has 0 fully saturated rings. The van der Waals surface area contributed by atoms with Crippen LogP contribution in [-0.2, 0) is 11.2 Å². The number of ether oxygens (including phenoxy) is 1. The largest absolute Gasteiger partial charge is 0.465 e. The topological polar surface area (TPSA) is 26.3 Å². The molecule has 2 nitrogen and oxygen atoms in total. The molecule has 0 saturated carbocycles. The molecule has 1 aromatic carbocycles. The van der Waals surface area contributed by atoms with Crippen molar-refractivity contribution in [2.75, 3.05) is 7.11 Å². The van der Waals surface area contributed by atoms with E-state index in [9.17, 15) is 4.79 Å². The van der Waals surface area contributed by atoms with Gasteiger partial charge in [-0.05, 0) is 25.0 Å². The molecule has 0 unspecified atom stereocenters. The van der Waals surface area contributed by atoms with Crippen molar-refractivity contribution in [3.63, 3.8) is 0 Å². The van der Waals surface area contributed by atoms with Crippen LogP contribution in [0.2, 0.25) is 0 Å². The zero-order valence-electron chi connectivity index (χ0n) is 8.26. The third-order valence-corrected chi connectivity index (χ3v) is 2.05. The van der Waals surface area contributed by atoms with Crippen LogP contribution in [0.3, 0.4) is 0 Å². The van der Waals surface area contributed by atoms with Gasteiger partial charge in [-0.2, -0.15) is 0 Å². The van der Waals surface area contributed by atoms with Gasteiger partial charge in [-0.1, -0.05) is 24.6 Å². The number of rotatable bonds is 2. The van der Waals surface area contributed by atoms with Crippen LogP contribution < -0.4 is 0 Å². The Morgan fingerprint density at radius 1 is 1.46 bits per heavy atom. The summed E-state index contributed by atoms with van der Waals surface area (Å²) in [4.78, 5) is 11.3. The minimum atomic E-state index is -0.249. The van der Waals surface area contributed by atoms with Crippen LogP contribution >= 0.6 is 0 Å². The van der Waals surface area contributed by atoms with Gasteiger partial charge in [0.2, 0.25) is 0 Å². The van der Waals surface area contributed by atoms with E-state index in [1.165, 1.54) is 7.11 Å². The number of aryl methyl sites for hydroxylation is 2. The number of carbonyl (C=O) groups excluding carboxylic acids is 1. The molecule has 0 saturated heterocycles. The van der Waals surface area contributed by atoms with E-state index >= 15 is 0 Å². The molecule has 0 N–H and O–H groups in total. The summed E-state index contributed by atoms with van der Waals surface area (Å²) in [7, 11) is 1.41. The smallest absolute Gasteiger partial charge is 0.338 e. The Bertz CT molecular complexity index is 316. The number of benzene rings is 1. The quantitative estimate of drug-likeness (QED) is 0.650. The first-order valence-corrected chi connectivity index (χ1v) is 4.37. The number of carbonyl (C=O) groups is 1. The SMILES string of the molecule is CCc1ccc(C)cc1C(=O)OC. The average molecular weight is 178 g/mol. The summed E-state index contributed by atoms with van der Waals surface area (Å²) in [5.41, 5.74) is 2.81. The van der Waals surface area contributed by atoms with Crippen LogP contribution in [0.5, 0.6) is 0 Å². The summed E-state index contributed by atoms with van der Waals surface area (Å²) in [5.74, 6) is -0.249. The molecular weight excluding hydrogens is 164 g/mol. The van der Waals surface area contributed by atoms with Gasteiger partial charge in [0.05, 0.1) is 12.7 Å². The van der Waals surface area contributed by atoms with E-state index in [0.29, 0.717) is 5.56 Å². The molecular formula is C11H14O2. The molecule has 0 aliphatic heterocycles. The molecule has 0 aliphatic rings. The van der Waals surface area contributed by atoms with Crippen molar-refractivity contribution in [3.05, 3.63) is 34.9 Å². The minimum Gasteiger partial charge on any atom is -0.465 e. The minimum absolute atomic E-state index is 0.249. The van der Waals surface area contributed by atoms with Crippen molar-refractivity contribution in [2.45, 2.75) is 20.3 Å². The van der Waals surface area contributed by atoms with Crippen LogP contribution in [-0.4, -0.2) is 13.1 Å². The highest BCUT2D eigenvalue weighted by molar-refractivity contribution is 5.91. The van der Waals surface area contributed by atoms with Gasteiger partial charge in [0.25, 0.3) is 0 Å². The Balaban J connectivity index is 3.15. The van der Waals surface area contributed by atoms with Crippen LogP contribution in [0.15, 0.2) is 18.2 Å². The van der Waals surface area contributed by atoms with E-state index < -0.39 is 0 Å². The summed E-state index contributed by atoms with van der Waals surface area (Å²) < 4.78 is 4.69. The number of hydrogen-bond acceptors (Lipinski definition) is 2. The maximum Gasteiger partial charge on any atom is 0.338 e. The highest BCUT2D eigenvalue weighted by atomic mass is 16.5. The molecule has 13 heavy (non-hydrogen) atoms. The Morgan fingerprint density at radius 3 is 2.69 bits per heavy atom. The van der Waals surface area contributed by atoms with Crippen LogP contribution in [0.1, 0.15) is 28.4 Å². The second kappa shape index (κ2) is 4.08. The van der Waals surface area contributed by atoms with Crippen LogP contribution in [0.25, 0.3) is 0 Å². The van der Waals surface area contributed by atoms with Crippen molar-refractivity contribution in [1.29, 1.82) is 0 Å². The maximum atomic E-state index is 11.3. The Morgan fingerprint density at radius 2 is 2.15 bits per heavy atom. The van der Waals surface area contributed by atoms with E-state index in [0.717, 1.165) is 17.5 Å². The van der Waals surface area contributed by atoms with Gasteiger partial charge in [0, 0.05) is 0 Å². The van der Waals surface area contributed by atoms with E-state index in [1.807, 2.05) is 32.0 Å². The zero-order chi connectivity index (χ0) is 9.84. The van der Waals surface area contributed by atoms with E-state index in [4.69, 9.17) is 4.74 Å². The normalized spacial score (nSPS) is 9.77. The molecule has 0 amide bonds. The first-order valence-electron chi connectivity index (χ1n) is 4.37. The maximum absolute atomic E-state index is 11.3. The van der Waals surface area contributed by atoms with Gasteiger partial charge in [-0.15, -0.1) is 0 Å². The highest BCUT2D eigenvalue weighted by Crippen LogP contribution is 2.13. The molecule has 1 rings (SSSR count). The predicted octanol–water partition coefficient (Wildman–Crippen LogP) is 2.34. The summed E-state index contributed by atoms with van der Waals surface area (Å²) in [5, 5.41) is 0. The van der Waals surface area contributed by atoms with Crippen molar-refractivity contribution in [3.8, 4) is 0 Å². The monoisotopic (exact) mass is 178 g/mol. The molecule has 0 spiro atoms. The molecule has 0 bridgehead atoms. The average Bonchev–Trinajstić information content (AvgIpc) is 2.16. The van der Waals surface area contributed by atoms with Gasteiger partial charge < -0.3 is 4.74 Å². The molecule has 0 radical (unpaired) electrons. The first kappa shape index (κ1) is 9.78. The van der Waals surface area contributed by atoms with Crippen LogP contribution in [0, 0.1) is 6.92 Å². The van der Waals surface area contributed by atoms with Gasteiger partial charge in [0.15, 0.2) is 0 Å². The fraction of sp³-hybridized carbons (Fsp3) is 0.364. The molecule has 0 heterocycles. The lowest BCUT2D eigenvalue weighted by Crippen LogP contribution is -2.05. The third kappa shape index (κ3) is 2.08. The Kier molecular flexibility index (Phi) is 3.07. The summed E-state index contributed by atoms with van der Waals surface area (Å²) >= 11 is 0. The Labute approximate surface area is 78.5 Å². The van der Waals surface area contributed by atoms with Crippen molar-refractivity contribution >= 4 is 5.97 Å². The lowest BCUT2D eigenvalue weighted by molar-refractivity contribution is 0.0599. The highest BCUT2D eigenvalue weighted by Gasteiger charge is 2.09. The Hall–Kier alpha value is -1.31. The van der Waals surface area contributed by atoms with Gasteiger partial charge in [-0.3, -0.25) is 0 Å². The summed E-state index contributed by atoms with van der Waals surface area (Å²) in [6.45, 7) is 3.99. The number of methoxy groups -OCH3 is 1. The molecule has 0 aromatic heterocycles. The molecule has 0 atom stereocenters. The van der Waals surface area contributed by atoms with Crippen molar-refractivity contribution < 1.29 is 9.53 Å². The fourth-order valence-corrected chi connectivity index (χ4v) is 1.30. The van der Waals surface area contributed by atoms with Crippen LogP contribution in [0.4, 0.5) is 0 Å². The zero-order valence-corrected chi connectivity index (χ0v) is 8.26. The number of hydrogen-bond donors (Lipinski definition) is 0. The van der Waals surface area contributed by atoms with Gasteiger partial charge in [0.1, 0.15) is 0 Å². The summed E-state index contributed by atoms with van der Waals surface area (Å²) in [6, 6.07) is 5.84. The molecule has 70 valence electrons. The predicted molar refractivity (Wildman–Crippen MR) is 51.9 cm³/mol. The third-order valence-electron chi connectivity index (χ3n) is 2.05. The molecule has 0 aliphatic carbocycles. The lowest BCUT2D eigenvalue weighted by Gasteiger charge is -2.06.